The predicted molar refractivity (Wildman–Crippen MR) is 67.9 cm³/mol. The molecule has 0 radical (unpaired) electrons. The summed E-state index contributed by atoms with van der Waals surface area (Å²) in [6, 6.07) is 5.23. The normalized spacial score (nSPS) is 11.0. The van der Waals surface area contributed by atoms with Crippen LogP contribution in [0.15, 0.2) is 18.2 Å². The van der Waals surface area contributed by atoms with Crippen LogP contribution in [0.4, 0.5) is 0 Å². The number of nitrogens with zero attached hydrogens (tertiary/aromatic N) is 2. The van der Waals surface area contributed by atoms with Gasteiger partial charge in [0.2, 0.25) is 0 Å². The average Bonchev–Trinajstić information content (AvgIpc) is 2.66. The van der Waals surface area contributed by atoms with E-state index in [1.54, 1.807) is 19.2 Å². The van der Waals surface area contributed by atoms with Gasteiger partial charge in [0, 0.05) is 20.3 Å². The smallest absolute Gasteiger partial charge is 0.337 e. The highest BCUT2D eigenvalue weighted by atomic mass is 16.5. The van der Waals surface area contributed by atoms with Crippen LogP contribution in [-0.2, 0) is 11.3 Å². The molecule has 1 heterocycles. The van der Waals surface area contributed by atoms with Crippen LogP contribution in [-0.4, -0.2) is 34.3 Å². The Balaban J connectivity index is 2.45. The summed E-state index contributed by atoms with van der Waals surface area (Å²) in [6.45, 7) is 3.34. The molecule has 0 atom stereocenters. The lowest BCUT2D eigenvalue weighted by molar-refractivity contribution is 0.0699. The number of aromatic nitrogens is 2. The lowest BCUT2D eigenvalue weighted by Crippen LogP contribution is -2.03. The number of ether oxygens (including phenoxy) is 1. The molecule has 0 aliphatic rings. The number of carbonyl (C=O) groups is 1. The van der Waals surface area contributed by atoms with Crippen molar-refractivity contribution < 1.29 is 14.6 Å². The Morgan fingerprint density at radius 2 is 2.28 bits per heavy atom. The summed E-state index contributed by atoms with van der Waals surface area (Å²) in [5.74, 6) is -0.114. The van der Waals surface area contributed by atoms with Gasteiger partial charge in [0.05, 0.1) is 11.1 Å². The van der Waals surface area contributed by atoms with E-state index in [0.717, 1.165) is 24.3 Å². The fourth-order valence-electron chi connectivity index (χ4n) is 2.08. The number of para-hydroxylation sites is 1. The Morgan fingerprint density at radius 3 is 2.94 bits per heavy atom. The van der Waals surface area contributed by atoms with E-state index < -0.39 is 5.97 Å². The van der Waals surface area contributed by atoms with Crippen LogP contribution in [0.1, 0.15) is 22.6 Å². The number of aryl methyl sites for hydroxylation is 2. The minimum Gasteiger partial charge on any atom is -0.478 e. The van der Waals surface area contributed by atoms with Crippen LogP contribution in [0, 0.1) is 6.92 Å². The summed E-state index contributed by atoms with van der Waals surface area (Å²) in [6.07, 6.45) is 0.875. The fraction of sp³-hybridized carbons (Fsp3) is 0.385. The lowest BCUT2D eigenvalue weighted by Gasteiger charge is -2.06. The number of aromatic carboxylic acids is 1. The molecule has 0 bridgehead atoms. The number of carboxylic acid groups (broad SMARTS) is 1. The molecule has 0 aliphatic carbocycles. The van der Waals surface area contributed by atoms with E-state index >= 15 is 0 Å². The Kier molecular flexibility index (Phi) is 3.62. The third-order valence-electron chi connectivity index (χ3n) is 2.93. The molecule has 5 heteroatoms. The van der Waals surface area contributed by atoms with E-state index in [2.05, 4.69) is 4.98 Å². The van der Waals surface area contributed by atoms with E-state index in [1.807, 2.05) is 17.6 Å². The second kappa shape index (κ2) is 5.18. The minimum atomic E-state index is -0.942. The third-order valence-corrected chi connectivity index (χ3v) is 2.93. The van der Waals surface area contributed by atoms with Gasteiger partial charge in [0.25, 0.3) is 0 Å². The first-order chi connectivity index (χ1) is 8.65. The Labute approximate surface area is 105 Å². The van der Waals surface area contributed by atoms with Gasteiger partial charge in [-0.05, 0) is 25.5 Å². The van der Waals surface area contributed by atoms with E-state index in [-0.39, 0.29) is 5.56 Å². The first-order valence-electron chi connectivity index (χ1n) is 5.83. The van der Waals surface area contributed by atoms with Crippen LogP contribution < -0.4 is 0 Å². The highest BCUT2D eigenvalue weighted by molar-refractivity contribution is 6.01. The number of benzene rings is 1. The zero-order chi connectivity index (χ0) is 13.1. The number of carboxylic acids is 1. The van der Waals surface area contributed by atoms with Gasteiger partial charge >= 0.3 is 5.97 Å². The number of methoxy groups -OCH3 is 1. The van der Waals surface area contributed by atoms with Crippen molar-refractivity contribution in [3.8, 4) is 0 Å². The van der Waals surface area contributed by atoms with Gasteiger partial charge in [-0.1, -0.05) is 6.07 Å². The van der Waals surface area contributed by atoms with E-state index in [1.165, 1.54) is 0 Å². The van der Waals surface area contributed by atoms with Crippen molar-refractivity contribution in [1.82, 2.24) is 9.55 Å². The van der Waals surface area contributed by atoms with Crippen molar-refractivity contribution in [2.75, 3.05) is 13.7 Å². The Bertz CT molecular complexity index is 575. The molecule has 1 N–H and O–H groups in total. The topological polar surface area (TPSA) is 64.4 Å². The predicted octanol–water partition coefficient (Wildman–Crippen LogP) is 2.08. The van der Waals surface area contributed by atoms with E-state index in [9.17, 15) is 4.79 Å². The molecule has 0 fully saturated rings. The van der Waals surface area contributed by atoms with Crippen molar-refractivity contribution in [3.63, 3.8) is 0 Å². The molecule has 2 aromatic rings. The highest BCUT2D eigenvalue weighted by Gasteiger charge is 2.14. The quantitative estimate of drug-likeness (QED) is 0.823. The molecule has 18 heavy (non-hydrogen) atoms. The van der Waals surface area contributed by atoms with Gasteiger partial charge in [-0.25, -0.2) is 9.78 Å². The number of imidazole rings is 1. The SMILES string of the molecule is COCCCn1c(C)nc2c(C(=O)O)cccc21. The zero-order valence-electron chi connectivity index (χ0n) is 10.5. The molecule has 0 saturated heterocycles. The molecule has 0 unspecified atom stereocenters. The van der Waals surface area contributed by atoms with Crippen molar-refractivity contribution in [1.29, 1.82) is 0 Å². The standard InChI is InChI=1S/C13H16N2O3/c1-9-14-12-10(13(16)17)5-3-6-11(12)15(9)7-4-8-18-2/h3,5-6H,4,7-8H2,1-2H3,(H,16,17). The third kappa shape index (κ3) is 2.22. The molecule has 2 rings (SSSR count). The van der Waals surface area contributed by atoms with Gasteiger partial charge < -0.3 is 14.4 Å². The van der Waals surface area contributed by atoms with Crippen molar-refractivity contribution in [2.45, 2.75) is 19.9 Å². The maximum absolute atomic E-state index is 11.1. The van der Waals surface area contributed by atoms with Crippen molar-refractivity contribution >= 4 is 17.0 Å². The zero-order valence-corrected chi connectivity index (χ0v) is 10.5. The van der Waals surface area contributed by atoms with Crippen molar-refractivity contribution in [2.24, 2.45) is 0 Å². The number of rotatable bonds is 5. The minimum absolute atomic E-state index is 0.251. The molecular weight excluding hydrogens is 232 g/mol. The molecule has 5 nitrogen and oxygen atoms in total. The Hall–Kier alpha value is -1.88. The number of hydrogen-bond donors (Lipinski definition) is 1. The summed E-state index contributed by atoms with van der Waals surface area (Å²) in [5.41, 5.74) is 1.67. The van der Waals surface area contributed by atoms with Gasteiger partial charge in [-0.2, -0.15) is 0 Å². The maximum atomic E-state index is 11.1. The molecule has 0 amide bonds. The van der Waals surface area contributed by atoms with Crippen LogP contribution in [0.25, 0.3) is 11.0 Å². The molecule has 1 aromatic carbocycles. The fourth-order valence-corrected chi connectivity index (χ4v) is 2.08. The maximum Gasteiger partial charge on any atom is 0.337 e. The van der Waals surface area contributed by atoms with Crippen LogP contribution in [0.5, 0.6) is 0 Å². The summed E-state index contributed by atoms with van der Waals surface area (Å²) < 4.78 is 7.05. The highest BCUT2D eigenvalue weighted by Crippen LogP contribution is 2.20. The van der Waals surface area contributed by atoms with Gasteiger partial charge in [0.15, 0.2) is 0 Å². The van der Waals surface area contributed by atoms with Crippen LogP contribution in [0.2, 0.25) is 0 Å². The second-order valence-corrected chi connectivity index (χ2v) is 4.14. The van der Waals surface area contributed by atoms with E-state index in [4.69, 9.17) is 9.84 Å². The van der Waals surface area contributed by atoms with Gasteiger partial charge in [0.1, 0.15) is 11.3 Å². The monoisotopic (exact) mass is 248 g/mol. The summed E-state index contributed by atoms with van der Waals surface area (Å²) >= 11 is 0. The van der Waals surface area contributed by atoms with Crippen molar-refractivity contribution in [3.05, 3.63) is 29.6 Å². The first kappa shape index (κ1) is 12.6. The summed E-state index contributed by atoms with van der Waals surface area (Å²) in [5, 5.41) is 9.13. The first-order valence-corrected chi connectivity index (χ1v) is 5.83. The number of fused-ring (bicyclic) bond motifs is 1. The Morgan fingerprint density at radius 1 is 1.50 bits per heavy atom. The molecule has 96 valence electrons. The molecule has 0 aliphatic heterocycles. The van der Waals surface area contributed by atoms with Crippen LogP contribution in [0.3, 0.4) is 0 Å². The van der Waals surface area contributed by atoms with E-state index in [0.29, 0.717) is 12.1 Å². The average molecular weight is 248 g/mol. The van der Waals surface area contributed by atoms with Gasteiger partial charge in [-0.15, -0.1) is 0 Å². The van der Waals surface area contributed by atoms with Crippen LogP contribution >= 0.6 is 0 Å². The largest absolute Gasteiger partial charge is 0.478 e. The molecule has 0 spiro atoms. The summed E-state index contributed by atoms with van der Waals surface area (Å²) in [4.78, 5) is 15.5. The molecule has 0 saturated carbocycles. The summed E-state index contributed by atoms with van der Waals surface area (Å²) in [7, 11) is 1.67. The van der Waals surface area contributed by atoms with Gasteiger partial charge in [-0.3, -0.25) is 0 Å². The second-order valence-electron chi connectivity index (χ2n) is 4.14. The number of hydrogen-bond acceptors (Lipinski definition) is 3. The molecule has 1 aromatic heterocycles. The molecular formula is C13H16N2O3. The lowest BCUT2D eigenvalue weighted by atomic mass is 10.2.